The molecule has 2 rings (SSSR count). The second-order valence-corrected chi connectivity index (χ2v) is 3.87. The molecule has 1 amide bonds. The number of alkyl halides is 2. The van der Waals surface area contributed by atoms with Crippen molar-refractivity contribution < 1.29 is 23.0 Å². The van der Waals surface area contributed by atoms with E-state index >= 15 is 0 Å². The number of fused-ring (bicyclic) bond motifs is 1. The van der Waals surface area contributed by atoms with Gasteiger partial charge in [-0.2, -0.15) is 0 Å². The van der Waals surface area contributed by atoms with Crippen LogP contribution in [0.3, 0.4) is 0 Å². The predicted octanol–water partition coefficient (Wildman–Crippen LogP) is 1.33. The minimum absolute atomic E-state index is 0.0549. The summed E-state index contributed by atoms with van der Waals surface area (Å²) in [6.45, 7) is -0.591. The number of amides is 1. The lowest BCUT2D eigenvalue weighted by atomic mass is 10.1. The van der Waals surface area contributed by atoms with Crippen molar-refractivity contribution in [2.75, 3.05) is 26.1 Å². The minimum atomic E-state index is -2.59. The zero-order valence-corrected chi connectivity index (χ0v) is 9.65. The summed E-state index contributed by atoms with van der Waals surface area (Å²) in [4.78, 5) is 12.8. The van der Waals surface area contributed by atoms with Crippen LogP contribution in [0.1, 0.15) is 10.4 Å². The molecule has 0 radical (unpaired) electrons. The van der Waals surface area contributed by atoms with Crippen LogP contribution >= 0.6 is 0 Å². The third-order valence-electron chi connectivity index (χ3n) is 2.53. The monoisotopic (exact) mass is 258 g/mol. The van der Waals surface area contributed by atoms with Crippen molar-refractivity contribution in [2.45, 2.75) is 6.43 Å². The van der Waals surface area contributed by atoms with E-state index in [1.807, 2.05) is 0 Å². The van der Waals surface area contributed by atoms with Crippen LogP contribution in [0.5, 0.6) is 11.5 Å². The summed E-state index contributed by atoms with van der Waals surface area (Å²) in [5.41, 5.74) is 5.99. The fourth-order valence-electron chi connectivity index (χ4n) is 1.64. The highest BCUT2D eigenvalue weighted by atomic mass is 19.3. The number of hydrogen-bond donors (Lipinski definition) is 1. The zero-order valence-electron chi connectivity index (χ0n) is 9.65. The maximum absolute atomic E-state index is 12.2. The molecule has 0 saturated carbocycles. The van der Waals surface area contributed by atoms with Crippen molar-refractivity contribution in [2.24, 2.45) is 0 Å². The summed E-state index contributed by atoms with van der Waals surface area (Å²) >= 11 is 0. The average Bonchev–Trinajstić information content (AvgIpc) is 2.72. The molecule has 0 fully saturated rings. The molecule has 5 nitrogen and oxygen atoms in total. The zero-order chi connectivity index (χ0) is 13.3. The van der Waals surface area contributed by atoms with Crippen LogP contribution in [0, 0.1) is 0 Å². The Labute approximate surface area is 102 Å². The number of halogens is 2. The summed E-state index contributed by atoms with van der Waals surface area (Å²) in [6.07, 6.45) is -2.59. The fraction of sp³-hybridized carbons (Fsp3) is 0.364. The molecule has 0 spiro atoms. The Bertz CT molecular complexity index is 480. The number of carbonyl (C=O) groups is 1. The number of anilines is 1. The van der Waals surface area contributed by atoms with Crippen LogP contribution < -0.4 is 15.2 Å². The highest BCUT2D eigenvalue weighted by Gasteiger charge is 2.22. The Balaban J connectivity index is 2.25. The van der Waals surface area contributed by atoms with Gasteiger partial charge in [-0.15, -0.1) is 0 Å². The van der Waals surface area contributed by atoms with Crippen molar-refractivity contribution in [1.82, 2.24) is 4.90 Å². The number of carbonyl (C=O) groups excluding carboxylic acids is 1. The summed E-state index contributed by atoms with van der Waals surface area (Å²) in [7, 11) is 1.29. The molecule has 2 N–H and O–H groups in total. The van der Waals surface area contributed by atoms with Crippen molar-refractivity contribution >= 4 is 11.6 Å². The Hall–Kier alpha value is -2.05. The van der Waals surface area contributed by atoms with Crippen molar-refractivity contribution in [1.29, 1.82) is 0 Å². The average molecular weight is 258 g/mol. The normalized spacial score (nSPS) is 12.9. The van der Waals surface area contributed by atoms with Crippen LogP contribution in [0.15, 0.2) is 12.1 Å². The Kier molecular flexibility index (Phi) is 3.22. The number of nitrogen functional groups attached to an aromatic ring is 1. The number of nitrogens with two attached hydrogens (primary N) is 1. The van der Waals surface area contributed by atoms with Gasteiger partial charge in [0.05, 0.1) is 12.1 Å². The Morgan fingerprint density at radius 2 is 2.06 bits per heavy atom. The molecule has 0 bridgehead atoms. The lowest BCUT2D eigenvalue weighted by molar-refractivity contribution is 0.0621. The van der Waals surface area contributed by atoms with Crippen LogP contribution in [-0.4, -0.2) is 37.6 Å². The van der Waals surface area contributed by atoms with Gasteiger partial charge < -0.3 is 20.1 Å². The van der Waals surface area contributed by atoms with E-state index in [2.05, 4.69) is 0 Å². The largest absolute Gasteiger partial charge is 0.454 e. The predicted molar refractivity (Wildman–Crippen MR) is 59.9 cm³/mol. The van der Waals surface area contributed by atoms with E-state index in [4.69, 9.17) is 15.2 Å². The Morgan fingerprint density at radius 1 is 1.44 bits per heavy atom. The van der Waals surface area contributed by atoms with Crippen LogP contribution in [0.4, 0.5) is 14.5 Å². The first-order valence-electron chi connectivity index (χ1n) is 5.21. The summed E-state index contributed by atoms with van der Waals surface area (Å²) < 4.78 is 34.6. The topological polar surface area (TPSA) is 64.8 Å². The van der Waals surface area contributed by atoms with Gasteiger partial charge in [0.1, 0.15) is 0 Å². The third kappa shape index (κ3) is 2.29. The molecule has 1 aliphatic heterocycles. The van der Waals surface area contributed by atoms with Gasteiger partial charge in [-0.25, -0.2) is 8.78 Å². The van der Waals surface area contributed by atoms with E-state index < -0.39 is 18.9 Å². The van der Waals surface area contributed by atoms with Gasteiger partial charge in [-0.3, -0.25) is 4.79 Å². The number of rotatable bonds is 3. The van der Waals surface area contributed by atoms with Gasteiger partial charge in [0.2, 0.25) is 6.79 Å². The standard InChI is InChI=1S/C11H12F2N2O3/c1-15(4-10(12)13)11(16)6-2-8-9(3-7(6)14)18-5-17-8/h2-3,10H,4-5,14H2,1H3. The molecule has 0 aromatic heterocycles. The van der Waals surface area contributed by atoms with Crippen LogP contribution in [0.2, 0.25) is 0 Å². The van der Waals surface area contributed by atoms with Gasteiger partial charge >= 0.3 is 0 Å². The lowest BCUT2D eigenvalue weighted by Crippen LogP contribution is -2.31. The highest BCUT2D eigenvalue weighted by molar-refractivity contribution is 6.00. The third-order valence-corrected chi connectivity index (χ3v) is 2.53. The van der Waals surface area contributed by atoms with Gasteiger partial charge in [-0.1, -0.05) is 0 Å². The molecule has 0 saturated heterocycles. The molecule has 0 unspecified atom stereocenters. The van der Waals surface area contributed by atoms with Gasteiger partial charge in [-0.05, 0) is 6.07 Å². The second-order valence-electron chi connectivity index (χ2n) is 3.87. The van der Waals surface area contributed by atoms with E-state index in [0.29, 0.717) is 11.5 Å². The first-order valence-corrected chi connectivity index (χ1v) is 5.21. The van der Waals surface area contributed by atoms with Crippen molar-refractivity contribution in [3.63, 3.8) is 0 Å². The van der Waals surface area contributed by atoms with Crippen molar-refractivity contribution in [3.05, 3.63) is 17.7 Å². The van der Waals surface area contributed by atoms with E-state index in [9.17, 15) is 13.6 Å². The number of ether oxygens (including phenoxy) is 2. The minimum Gasteiger partial charge on any atom is -0.454 e. The van der Waals surface area contributed by atoms with E-state index in [1.54, 1.807) is 0 Å². The number of hydrogen-bond acceptors (Lipinski definition) is 4. The first kappa shape index (κ1) is 12.4. The molecule has 1 heterocycles. The molecule has 98 valence electrons. The van der Waals surface area contributed by atoms with Gasteiger partial charge in [0, 0.05) is 18.8 Å². The molecule has 1 aromatic carbocycles. The smallest absolute Gasteiger partial charge is 0.256 e. The number of benzene rings is 1. The first-order chi connectivity index (χ1) is 8.49. The highest BCUT2D eigenvalue weighted by Crippen LogP contribution is 2.36. The molecule has 0 aliphatic carbocycles. The molecular weight excluding hydrogens is 246 g/mol. The molecule has 0 atom stereocenters. The van der Waals surface area contributed by atoms with E-state index in [-0.39, 0.29) is 18.0 Å². The quantitative estimate of drug-likeness (QED) is 0.831. The van der Waals surface area contributed by atoms with E-state index in [1.165, 1.54) is 19.2 Å². The summed E-state index contributed by atoms with van der Waals surface area (Å²) in [5.74, 6) is 0.254. The maximum atomic E-state index is 12.2. The SMILES string of the molecule is CN(CC(F)F)C(=O)c1cc2c(cc1N)OCO2. The summed E-state index contributed by atoms with van der Waals surface area (Å²) in [5, 5.41) is 0. The molecule has 1 aromatic rings. The van der Waals surface area contributed by atoms with Gasteiger partial charge in [0.15, 0.2) is 11.5 Å². The maximum Gasteiger partial charge on any atom is 0.256 e. The van der Waals surface area contributed by atoms with Crippen LogP contribution in [-0.2, 0) is 0 Å². The van der Waals surface area contributed by atoms with Crippen LogP contribution in [0.25, 0.3) is 0 Å². The molecule has 1 aliphatic rings. The molecule has 18 heavy (non-hydrogen) atoms. The number of nitrogens with zero attached hydrogens (tertiary/aromatic N) is 1. The van der Waals surface area contributed by atoms with Crippen molar-refractivity contribution in [3.8, 4) is 11.5 Å². The molecule has 7 heteroatoms. The molecular formula is C11H12F2N2O3. The van der Waals surface area contributed by atoms with Gasteiger partial charge in [0.25, 0.3) is 12.3 Å². The second kappa shape index (κ2) is 4.67. The van der Waals surface area contributed by atoms with E-state index in [0.717, 1.165) is 4.90 Å². The summed E-state index contributed by atoms with van der Waals surface area (Å²) in [6, 6.07) is 2.85. The Morgan fingerprint density at radius 3 is 2.67 bits per heavy atom. The lowest BCUT2D eigenvalue weighted by Gasteiger charge is -2.17. The fourth-order valence-corrected chi connectivity index (χ4v) is 1.64.